The standard InChI is InChI=1S/C7H7ClNOS/c8-6-2-1-5(10)7-9(6)3-4-11-7/h3-4,7H,1-2H2/q+1. The Hall–Kier alpha value is -0.280. The van der Waals surface area contributed by atoms with Gasteiger partial charge in [0.15, 0.2) is 6.20 Å². The average molecular weight is 189 g/mol. The smallest absolute Gasteiger partial charge is 0.267 e. The number of carbonyl (C=O) groups is 1. The molecular weight excluding hydrogens is 182 g/mol. The van der Waals surface area contributed by atoms with Crippen LogP contribution in [0.2, 0.25) is 0 Å². The van der Waals surface area contributed by atoms with Crippen LogP contribution < -0.4 is 0 Å². The number of rotatable bonds is 0. The van der Waals surface area contributed by atoms with Gasteiger partial charge in [-0.3, -0.25) is 4.79 Å². The summed E-state index contributed by atoms with van der Waals surface area (Å²) >= 11 is 7.44. The van der Waals surface area contributed by atoms with Crippen molar-refractivity contribution in [2.75, 3.05) is 0 Å². The Balaban J connectivity index is 2.40. The van der Waals surface area contributed by atoms with Crippen LogP contribution in [0, 0.1) is 0 Å². The minimum Gasteiger partial charge on any atom is -0.291 e. The van der Waals surface area contributed by atoms with Crippen molar-refractivity contribution in [3.05, 3.63) is 11.6 Å². The molecule has 0 amide bonds. The molecule has 11 heavy (non-hydrogen) atoms. The molecule has 4 heteroatoms. The third-order valence-electron chi connectivity index (χ3n) is 1.81. The molecule has 0 saturated carbocycles. The van der Waals surface area contributed by atoms with Crippen LogP contribution in [0.4, 0.5) is 0 Å². The van der Waals surface area contributed by atoms with Crippen molar-refractivity contribution < 1.29 is 9.37 Å². The lowest BCUT2D eigenvalue weighted by Crippen LogP contribution is -2.32. The maximum Gasteiger partial charge on any atom is 0.267 e. The Labute approximate surface area is 73.9 Å². The highest BCUT2D eigenvalue weighted by Crippen LogP contribution is 2.27. The maximum atomic E-state index is 11.2. The molecule has 0 radical (unpaired) electrons. The minimum absolute atomic E-state index is 0.0590. The summed E-state index contributed by atoms with van der Waals surface area (Å²) in [5, 5.41) is 2.64. The Morgan fingerprint density at radius 2 is 2.45 bits per heavy atom. The van der Waals surface area contributed by atoms with Crippen LogP contribution in [0.15, 0.2) is 11.6 Å². The fourth-order valence-corrected chi connectivity index (χ4v) is 2.49. The summed E-state index contributed by atoms with van der Waals surface area (Å²) in [6, 6.07) is 0. The molecule has 58 valence electrons. The number of hydrogen-bond acceptors (Lipinski definition) is 2. The summed E-state index contributed by atoms with van der Waals surface area (Å²) < 4.78 is 1.85. The van der Waals surface area contributed by atoms with Gasteiger partial charge in [0.05, 0.1) is 6.42 Å². The van der Waals surface area contributed by atoms with Crippen LogP contribution in [0.5, 0.6) is 0 Å². The molecule has 2 heterocycles. The molecule has 1 unspecified atom stereocenters. The molecule has 0 spiro atoms. The Kier molecular flexibility index (Phi) is 1.77. The molecule has 2 aliphatic rings. The number of thioether (sulfide) groups is 1. The van der Waals surface area contributed by atoms with Crippen LogP contribution in [0.3, 0.4) is 0 Å². The van der Waals surface area contributed by atoms with Gasteiger partial charge in [-0.15, -0.1) is 0 Å². The van der Waals surface area contributed by atoms with Gasteiger partial charge in [-0.25, -0.2) is 0 Å². The fraction of sp³-hybridized carbons (Fsp3) is 0.429. The molecule has 0 aromatic carbocycles. The molecule has 2 rings (SSSR count). The summed E-state index contributed by atoms with van der Waals surface area (Å²) in [5.74, 6) is 0.282. The predicted molar refractivity (Wildman–Crippen MR) is 45.9 cm³/mol. The van der Waals surface area contributed by atoms with Crippen molar-refractivity contribution in [2.24, 2.45) is 0 Å². The third-order valence-corrected chi connectivity index (χ3v) is 3.23. The van der Waals surface area contributed by atoms with E-state index < -0.39 is 0 Å². The first-order chi connectivity index (χ1) is 5.29. The zero-order chi connectivity index (χ0) is 7.84. The lowest BCUT2D eigenvalue weighted by molar-refractivity contribution is -0.456. The number of nitrogens with zero attached hydrogens (tertiary/aromatic N) is 1. The normalized spacial score (nSPS) is 29.5. The number of fused-ring (bicyclic) bond motifs is 1. The van der Waals surface area contributed by atoms with Gasteiger partial charge < -0.3 is 0 Å². The molecule has 1 atom stereocenters. The SMILES string of the molecule is O=C1CCC(Cl)=[N+]2C=CSC12. The third kappa shape index (κ3) is 1.12. The Morgan fingerprint density at radius 3 is 3.18 bits per heavy atom. The van der Waals surface area contributed by atoms with E-state index in [1.54, 1.807) is 0 Å². The number of halogens is 1. The fourth-order valence-electron chi connectivity index (χ4n) is 1.24. The summed E-state index contributed by atoms with van der Waals surface area (Å²) in [5.41, 5.74) is 0. The van der Waals surface area contributed by atoms with Crippen molar-refractivity contribution in [2.45, 2.75) is 18.2 Å². The van der Waals surface area contributed by atoms with Crippen molar-refractivity contribution in [3.63, 3.8) is 0 Å². The predicted octanol–water partition coefficient (Wildman–Crippen LogP) is 1.54. The monoisotopic (exact) mass is 188 g/mol. The Morgan fingerprint density at radius 1 is 1.64 bits per heavy atom. The highest BCUT2D eigenvalue weighted by molar-refractivity contribution is 8.03. The van der Waals surface area contributed by atoms with Crippen molar-refractivity contribution in [3.8, 4) is 0 Å². The first-order valence-corrected chi connectivity index (χ1v) is 4.75. The number of Topliss-reactive ketones (excluding diaryl/α,β-unsaturated/α-hetero) is 1. The number of ketones is 1. The van der Waals surface area contributed by atoms with Gasteiger partial charge in [0.25, 0.3) is 10.5 Å². The minimum atomic E-state index is -0.0590. The van der Waals surface area contributed by atoms with Gasteiger partial charge in [0.2, 0.25) is 5.78 Å². The van der Waals surface area contributed by atoms with E-state index >= 15 is 0 Å². The number of carbonyl (C=O) groups excluding carboxylic acids is 1. The van der Waals surface area contributed by atoms with Crippen molar-refractivity contribution in [1.29, 1.82) is 0 Å². The summed E-state index contributed by atoms with van der Waals surface area (Å²) in [7, 11) is 0. The summed E-state index contributed by atoms with van der Waals surface area (Å²) in [6.45, 7) is 0. The van der Waals surface area contributed by atoms with E-state index in [0.29, 0.717) is 12.8 Å². The molecule has 2 aliphatic heterocycles. The lowest BCUT2D eigenvalue weighted by Gasteiger charge is -2.10. The zero-order valence-corrected chi connectivity index (χ0v) is 7.36. The molecular formula is C7H7ClNOS+. The second-order valence-corrected chi connectivity index (χ2v) is 3.95. The molecule has 0 aromatic heterocycles. The van der Waals surface area contributed by atoms with Crippen LogP contribution in [-0.4, -0.2) is 20.9 Å². The molecule has 0 fully saturated rings. The van der Waals surface area contributed by atoms with E-state index in [2.05, 4.69) is 0 Å². The molecule has 0 aromatic rings. The zero-order valence-electron chi connectivity index (χ0n) is 5.79. The molecule has 0 aliphatic carbocycles. The van der Waals surface area contributed by atoms with Gasteiger partial charge >= 0.3 is 0 Å². The molecule has 0 saturated heterocycles. The van der Waals surface area contributed by atoms with Crippen LogP contribution >= 0.6 is 23.4 Å². The largest absolute Gasteiger partial charge is 0.291 e. The highest BCUT2D eigenvalue weighted by Gasteiger charge is 2.38. The second-order valence-electron chi connectivity index (χ2n) is 2.52. The van der Waals surface area contributed by atoms with E-state index in [1.807, 2.05) is 16.2 Å². The van der Waals surface area contributed by atoms with E-state index in [-0.39, 0.29) is 11.2 Å². The van der Waals surface area contributed by atoms with E-state index in [9.17, 15) is 4.79 Å². The van der Waals surface area contributed by atoms with Crippen molar-refractivity contribution >= 4 is 34.3 Å². The highest BCUT2D eigenvalue weighted by atomic mass is 35.5. The van der Waals surface area contributed by atoms with Gasteiger partial charge in [0, 0.05) is 11.8 Å². The maximum absolute atomic E-state index is 11.2. The molecule has 0 bridgehead atoms. The topological polar surface area (TPSA) is 20.1 Å². The van der Waals surface area contributed by atoms with E-state index in [4.69, 9.17) is 11.6 Å². The van der Waals surface area contributed by atoms with Crippen LogP contribution in [0.25, 0.3) is 0 Å². The average Bonchev–Trinajstić information content (AvgIpc) is 2.45. The van der Waals surface area contributed by atoms with Gasteiger partial charge in [-0.05, 0) is 23.4 Å². The Bertz CT molecular complexity index is 272. The van der Waals surface area contributed by atoms with E-state index in [1.165, 1.54) is 11.8 Å². The van der Waals surface area contributed by atoms with Gasteiger partial charge in [-0.1, -0.05) is 0 Å². The van der Waals surface area contributed by atoms with Crippen LogP contribution in [-0.2, 0) is 4.79 Å². The lowest BCUT2D eigenvalue weighted by atomic mass is 10.2. The molecule has 2 nitrogen and oxygen atoms in total. The van der Waals surface area contributed by atoms with Crippen molar-refractivity contribution in [1.82, 2.24) is 0 Å². The van der Waals surface area contributed by atoms with E-state index in [0.717, 1.165) is 5.17 Å². The first kappa shape index (κ1) is 7.37. The summed E-state index contributed by atoms with van der Waals surface area (Å²) in [4.78, 5) is 11.2. The van der Waals surface area contributed by atoms with Gasteiger partial charge in [-0.2, -0.15) is 4.58 Å². The van der Waals surface area contributed by atoms with Gasteiger partial charge in [0.1, 0.15) is 0 Å². The first-order valence-electron chi connectivity index (χ1n) is 3.43. The number of hydrogen-bond donors (Lipinski definition) is 0. The van der Waals surface area contributed by atoms with Crippen LogP contribution in [0.1, 0.15) is 12.8 Å². The molecule has 0 N–H and O–H groups in total. The second kappa shape index (κ2) is 2.64. The summed E-state index contributed by atoms with van der Waals surface area (Å²) in [6.07, 6.45) is 3.16. The quantitative estimate of drug-likeness (QED) is 0.538.